The molecule has 244 valence electrons. The highest BCUT2D eigenvalue weighted by Gasteiger charge is 2.22. The van der Waals surface area contributed by atoms with E-state index in [4.69, 9.17) is 21.3 Å². The zero-order valence-corrected chi connectivity index (χ0v) is 28.3. The van der Waals surface area contributed by atoms with Gasteiger partial charge in [0.05, 0.1) is 18.0 Å². The second-order valence-electron chi connectivity index (χ2n) is 13.7. The summed E-state index contributed by atoms with van der Waals surface area (Å²) in [5.74, 6) is 2.33. The number of rotatable bonds is 4. The van der Waals surface area contributed by atoms with Crippen LogP contribution in [0, 0.1) is 6.57 Å². The van der Waals surface area contributed by atoms with Gasteiger partial charge in [0.15, 0.2) is 11.5 Å². The molecule has 0 fully saturated rings. The molecule has 0 radical (unpaired) electrons. The van der Waals surface area contributed by atoms with E-state index in [1.165, 1.54) is 21.5 Å². The number of fused-ring (bicyclic) bond motifs is 2. The molecule has 0 aliphatic carbocycles. The van der Waals surface area contributed by atoms with E-state index in [-0.39, 0.29) is 0 Å². The minimum atomic E-state index is 0.637. The molecule has 0 amide bonds. The van der Waals surface area contributed by atoms with E-state index in [1.54, 1.807) is 0 Å². The fourth-order valence-corrected chi connectivity index (χ4v) is 8.12. The van der Waals surface area contributed by atoms with Crippen LogP contribution in [0.4, 0.5) is 5.69 Å². The summed E-state index contributed by atoms with van der Waals surface area (Å²) in [6.45, 7) is 7.69. The Bertz CT molecular complexity index is 3020. The molecular formula is C49H27N3O. The Morgan fingerprint density at radius 2 is 1.00 bits per heavy atom. The SMILES string of the molecule is [C-]#[N+]c1ccc2c3c(cccc13)-c1cc(-c3cc4ccc5cc(-c6nc(-c7ccccc7)cc(-c7ccccc7)n6)cc6ccc(c3)c4c56)ccc1O2. The maximum Gasteiger partial charge on any atom is 0.195 e. The lowest BCUT2D eigenvalue weighted by molar-refractivity contribution is 0.487. The van der Waals surface area contributed by atoms with E-state index in [9.17, 15) is 0 Å². The second kappa shape index (κ2) is 11.3. The van der Waals surface area contributed by atoms with Crippen molar-refractivity contribution in [2.75, 3.05) is 0 Å². The quantitative estimate of drug-likeness (QED) is 0.138. The molecule has 1 aromatic heterocycles. The Kier molecular flexibility index (Phi) is 6.28. The van der Waals surface area contributed by atoms with Gasteiger partial charge >= 0.3 is 0 Å². The van der Waals surface area contributed by atoms with Gasteiger partial charge in [-0.2, -0.15) is 0 Å². The highest BCUT2D eigenvalue weighted by molar-refractivity contribution is 6.24. The number of aromatic nitrogens is 2. The summed E-state index contributed by atoms with van der Waals surface area (Å²) in [7, 11) is 0. The topological polar surface area (TPSA) is 39.4 Å². The van der Waals surface area contributed by atoms with Crippen molar-refractivity contribution in [2.45, 2.75) is 0 Å². The monoisotopic (exact) mass is 673 g/mol. The van der Waals surface area contributed by atoms with E-state index in [0.717, 1.165) is 83.4 Å². The van der Waals surface area contributed by atoms with Crippen LogP contribution in [0.1, 0.15) is 0 Å². The molecule has 1 aliphatic rings. The molecule has 0 saturated carbocycles. The van der Waals surface area contributed by atoms with Crippen LogP contribution in [0.5, 0.6) is 11.5 Å². The lowest BCUT2D eigenvalue weighted by Crippen LogP contribution is -1.97. The molecule has 0 saturated heterocycles. The van der Waals surface area contributed by atoms with Crippen molar-refractivity contribution in [3.8, 4) is 67.7 Å². The molecule has 4 heteroatoms. The van der Waals surface area contributed by atoms with Crippen molar-refractivity contribution in [3.05, 3.63) is 175 Å². The van der Waals surface area contributed by atoms with Crippen molar-refractivity contribution in [1.29, 1.82) is 0 Å². The predicted molar refractivity (Wildman–Crippen MR) is 217 cm³/mol. The first-order chi connectivity index (χ1) is 26.2. The first-order valence-corrected chi connectivity index (χ1v) is 17.7. The largest absolute Gasteiger partial charge is 0.456 e. The fourth-order valence-electron chi connectivity index (χ4n) is 8.12. The summed E-state index contributed by atoms with van der Waals surface area (Å²) in [5, 5.41) is 9.13. The van der Waals surface area contributed by atoms with Crippen molar-refractivity contribution < 1.29 is 4.74 Å². The van der Waals surface area contributed by atoms with Gasteiger partial charge in [0.25, 0.3) is 0 Å². The molecule has 0 atom stereocenters. The number of hydrogen-bond donors (Lipinski definition) is 0. The zero-order chi connectivity index (χ0) is 35.0. The molecule has 0 unspecified atom stereocenters. The lowest BCUT2D eigenvalue weighted by Gasteiger charge is -2.22. The van der Waals surface area contributed by atoms with Gasteiger partial charge in [-0.15, -0.1) is 0 Å². The highest BCUT2D eigenvalue weighted by Crippen LogP contribution is 2.50. The Morgan fingerprint density at radius 1 is 0.415 bits per heavy atom. The van der Waals surface area contributed by atoms with Gasteiger partial charge in [0, 0.05) is 27.6 Å². The molecular weight excluding hydrogens is 647 g/mol. The Hall–Kier alpha value is -7.35. The average Bonchev–Trinajstić information content (AvgIpc) is 3.23. The lowest BCUT2D eigenvalue weighted by atomic mass is 9.89. The fraction of sp³-hybridized carbons (Fsp3) is 0. The summed E-state index contributed by atoms with van der Waals surface area (Å²) >= 11 is 0. The van der Waals surface area contributed by atoms with Crippen LogP contribution in [0.15, 0.2) is 164 Å². The van der Waals surface area contributed by atoms with E-state index in [0.29, 0.717) is 11.5 Å². The van der Waals surface area contributed by atoms with Crippen LogP contribution in [0.2, 0.25) is 0 Å². The number of ether oxygens (including phenoxy) is 1. The average molecular weight is 674 g/mol. The first-order valence-electron chi connectivity index (χ1n) is 17.7. The maximum absolute atomic E-state index is 7.69. The summed E-state index contributed by atoms with van der Waals surface area (Å²) in [6, 6.07) is 57.0. The van der Waals surface area contributed by atoms with Crippen molar-refractivity contribution in [1.82, 2.24) is 9.97 Å². The van der Waals surface area contributed by atoms with Crippen LogP contribution < -0.4 is 4.74 Å². The number of benzene rings is 9. The Morgan fingerprint density at radius 3 is 1.60 bits per heavy atom. The third-order valence-corrected chi connectivity index (χ3v) is 10.6. The van der Waals surface area contributed by atoms with Crippen LogP contribution >= 0.6 is 0 Å². The predicted octanol–water partition coefficient (Wildman–Crippen LogP) is 13.5. The molecule has 4 nitrogen and oxygen atoms in total. The first kappa shape index (κ1) is 29.4. The van der Waals surface area contributed by atoms with Gasteiger partial charge in [-0.1, -0.05) is 115 Å². The summed E-state index contributed by atoms with van der Waals surface area (Å²) in [5.41, 5.74) is 9.93. The van der Waals surface area contributed by atoms with Gasteiger partial charge < -0.3 is 4.74 Å². The van der Waals surface area contributed by atoms with Crippen molar-refractivity contribution in [2.24, 2.45) is 0 Å². The number of nitrogens with zero attached hydrogens (tertiary/aromatic N) is 3. The molecule has 53 heavy (non-hydrogen) atoms. The molecule has 0 N–H and O–H groups in total. The molecule has 11 rings (SSSR count). The maximum atomic E-state index is 7.69. The van der Waals surface area contributed by atoms with E-state index >= 15 is 0 Å². The van der Waals surface area contributed by atoms with Gasteiger partial charge in [-0.3, -0.25) is 0 Å². The van der Waals surface area contributed by atoms with Crippen LogP contribution in [-0.2, 0) is 0 Å². The summed E-state index contributed by atoms with van der Waals surface area (Å²) < 4.78 is 6.39. The smallest absolute Gasteiger partial charge is 0.195 e. The molecule has 0 bridgehead atoms. The molecule has 0 spiro atoms. The number of hydrogen-bond acceptors (Lipinski definition) is 3. The van der Waals surface area contributed by atoms with Gasteiger partial charge in [-0.05, 0) is 103 Å². The summed E-state index contributed by atoms with van der Waals surface area (Å²) in [4.78, 5) is 14.0. The summed E-state index contributed by atoms with van der Waals surface area (Å²) in [6.07, 6.45) is 0. The third kappa shape index (κ3) is 4.62. The van der Waals surface area contributed by atoms with Gasteiger partial charge in [0.1, 0.15) is 11.5 Å². The van der Waals surface area contributed by atoms with E-state index < -0.39 is 0 Å². The second-order valence-corrected chi connectivity index (χ2v) is 13.7. The van der Waals surface area contributed by atoms with Crippen LogP contribution in [-0.4, -0.2) is 9.97 Å². The van der Waals surface area contributed by atoms with Crippen molar-refractivity contribution >= 4 is 48.8 Å². The normalized spacial score (nSPS) is 11.9. The standard InChI is InChI=1S/C49H27N3O/c1-50-41-20-22-45-48-38(13-8-14-39(41)48)40-27-31(19-21-44(40)53-45)36-23-32-15-17-34-25-37(26-35-18-16-33(24-36)46(32)47(34)35)49-51-42(29-9-4-2-5-10-29)28-43(52-49)30-11-6-3-7-12-30/h2-28H. The Labute approximate surface area is 305 Å². The van der Waals surface area contributed by atoms with E-state index in [1.807, 2.05) is 60.7 Å². The molecule has 1 aliphatic heterocycles. The minimum absolute atomic E-state index is 0.637. The highest BCUT2D eigenvalue weighted by atomic mass is 16.5. The molecule has 10 aromatic rings. The van der Waals surface area contributed by atoms with Crippen LogP contribution in [0.3, 0.4) is 0 Å². The van der Waals surface area contributed by atoms with E-state index in [2.05, 4.69) is 108 Å². The van der Waals surface area contributed by atoms with Crippen molar-refractivity contribution in [3.63, 3.8) is 0 Å². The van der Waals surface area contributed by atoms with Crippen LogP contribution in [0.25, 0.3) is 104 Å². The molecule has 2 heterocycles. The van der Waals surface area contributed by atoms with Gasteiger partial charge in [0.2, 0.25) is 0 Å². The zero-order valence-electron chi connectivity index (χ0n) is 28.3. The third-order valence-electron chi connectivity index (χ3n) is 10.6. The molecule has 9 aromatic carbocycles. The Balaban J connectivity index is 1.04. The van der Waals surface area contributed by atoms with Gasteiger partial charge in [-0.25, -0.2) is 14.8 Å². The minimum Gasteiger partial charge on any atom is -0.456 e.